The molecule has 0 amide bonds. The summed E-state index contributed by atoms with van der Waals surface area (Å²) in [7, 11) is 0. The second kappa shape index (κ2) is 6.18. The van der Waals surface area contributed by atoms with Gasteiger partial charge in [0, 0.05) is 27.0 Å². The molecule has 2 heterocycles. The van der Waals surface area contributed by atoms with E-state index in [1.807, 2.05) is 12.1 Å². The zero-order valence-corrected chi connectivity index (χ0v) is 14.2. The predicted octanol–water partition coefficient (Wildman–Crippen LogP) is 4.56. The number of aryl methyl sites for hydroxylation is 1. The summed E-state index contributed by atoms with van der Waals surface area (Å²) in [6.07, 6.45) is 0.688. The van der Waals surface area contributed by atoms with Crippen LogP contribution in [0, 0.1) is 11.3 Å². The Kier molecular flexibility index (Phi) is 4.29. The zero-order valence-electron chi connectivity index (χ0n) is 11.0. The summed E-state index contributed by atoms with van der Waals surface area (Å²) < 4.78 is 3.24. The third-order valence-corrected chi connectivity index (χ3v) is 5.10. The summed E-state index contributed by atoms with van der Waals surface area (Å²) in [5, 5.41) is 11.3. The van der Waals surface area contributed by atoms with Gasteiger partial charge in [0.1, 0.15) is 17.4 Å². The summed E-state index contributed by atoms with van der Waals surface area (Å²) >= 11 is 11.1. The van der Waals surface area contributed by atoms with Crippen LogP contribution in [-0.4, -0.2) is 15.4 Å². The van der Waals surface area contributed by atoms with Crippen molar-refractivity contribution in [1.29, 1.82) is 5.26 Å². The first-order chi connectivity index (χ1) is 10.2. The Morgan fingerprint density at radius 1 is 1.43 bits per heavy atom. The van der Waals surface area contributed by atoms with Gasteiger partial charge < -0.3 is 4.57 Å². The summed E-state index contributed by atoms with van der Waals surface area (Å²) in [4.78, 5) is 5.86. The Morgan fingerprint density at radius 3 is 2.95 bits per heavy atom. The number of imidazole rings is 1. The molecule has 21 heavy (non-hydrogen) atoms. The molecule has 106 valence electrons. The number of hydrogen-bond acceptors (Lipinski definition) is 3. The molecule has 1 aromatic carbocycles. The first kappa shape index (κ1) is 14.6. The van der Waals surface area contributed by atoms with E-state index in [-0.39, 0.29) is 0 Å². The van der Waals surface area contributed by atoms with Crippen LogP contribution in [0.1, 0.15) is 16.3 Å². The normalized spacial score (nSPS) is 10.9. The molecule has 0 saturated carbocycles. The molecule has 0 radical (unpaired) electrons. The van der Waals surface area contributed by atoms with Gasteiger partial charge in [0.2, 0.25) is 0 Å². The lowest BCUT2D eigenvalue weighted by Gasteiger charge is -2.06. The van der Waals surface area contributed by atoms with Crippen molar-refractivity contribution in [2.45, 2.75) is 13.0 Å². The highest BCUT2D eigenvalue weighted by molar-refractivity contribution is 9.10. The fraction of sp³-hybridized carbons (Fsp3) is 0.200. The van der Waals surface area contributed by atoms with Crippen molar-refractivity contribution in [2.24, 2.45) is 0 Å². The molecule has 0 unspecified atom stereocenters. The van der Waals surface area contributed by atoms with E-state index in [1.54, 1.807) is 17.4 Å². The topological polar surface area (TPSA) is 41.6 Å². The van der Waals surface area contributed by atoms with Gasteiger partial charge in [0.15, 0.2) is 0 Å². The van der Waals surface area contributed by atoms with Crippen molar-refractivity contribution in [2.75, 3.05) is 5.88 Å². The van der Waals surface area contributed by atoms with E-state index in [1.165, 1.54) is 4.88 Å². The summed E-state index contributed by atoms with van der Waals surface area (Å²) in [6, 6.07) is 10.0. The number of benzene rings is 1. The molecule has 2 aromatic heterocycles. The van der Waals surface area contributed by atoms with Crippen molar-refractivity contribution in [3.63, 3.8) is 0 Å². The van der Waals surface area contributed by atoms with Crippen LogP contribution in [0.25, 0.3) is 11.0 Å². The number of alkyl halides is 1. The monoisotopic (exact) mass is 379 g/mol. The second-order valence-corrected chi connectivity index (χ2v) is 6.86. The Morgan fingerprint density at radius 2 is 2.29 bits per heavy atom. The fourth-order valence-corrected chi connectivity index (χ4v) is 3.94. The number of fused-ring (bicyclic) bond motifs is 1. The van der Waals surface area contributed by atoms with Crippen LogP contribution in [0.5, 0.6) is 0 Å². The summed E-state index contributed by atoms with van der Waals surface area (Å²) in [5.74, 6) is 1.44. The standard InChI is InChI=1S/C15H11BrClN3S/c16-11-6-12(21-9-11)8-20-13-3-1-2-10(7-18)15(13)19-14(20)4-5-17/h1-3,6,9H,4-5,8H2. The van der Waals surface area contributed by atoms with E-state index in [2.05, 4.69) is 43.0 Å². The Bertz CT molecular complexity index is 831. The van der Waals surface area contributed by atoms with Crippen molar-refractivity contribution >= 4 is 49.9 Å². The maximum Gasteiger partial charge on any atom is 0.111 e. The van der Waals surface area contributed by atoms with Crippen LogP contribution >= 0.6 is 38.9 Å². The molecule has 0 fully saturated rings. The van der Waals surface area contributed by atoms with Gasteiger partial charge in [0.25, 0.3) is 0 Å². The van der Waals surface area contributed by atoms with E-state index >= 15 is 0 Å². The molecule has 3 aromatic rings. The van der Waals surface area contributed by atoms with Crippen molar-refractivity contribution < 1.29 is 0 Å². The van der Waals surface area contributed by atoms with Crippen LogP contribution in [0.4, 0.5) is 0 Å². The van der Waals surface area contributed by atoms with Gasteiger partial charge >= 0.3 is 0 Å². The number of thiophene rings is 1. The number of para-hydroxylation sites is 1. The van der Waals surface area contributed by atoms with Gasteiger partial charge in [-0.1, -0.05) is 6.07 Å². The lowest BCUT2D eigenvalue weighted by molar-refractivity contribution is 0.763. The molecule has 0 atom stereocenters. The average Bonchev–Trinajstić information content (AvgIpc) is 3.04. The van der Waals surface area contributed by atoms with Gasteiger partial charge in [-0.3, -0.25) is 0 Å². The number of hydrogen-bond donors (Lipinski definition) is 0. The Balaban J connectivity index is 2.14. The predicted molar refractivity (Wildman–Crippen MR) is 90.0 cm³/mol. The van der Waals surface area contributed by atoms with Gasteiger partial charge in [-0.25, -0.2) is 4.98 Å². The lowest BCUT2D eigenvalue weighted by atomic mass is 10.2. The maximum absolute atomic E-state index is 9.23. The number of nitriles is 1. The van der Waals surface area contributed by atoms with E-state index in [4.69, 9.17) is 11.6 Å². The van der Waals surface area contributed by atoms with E-state index in [0.29, 0.717) is 17.9 Å². The lowest BCUT2D eigenvalue weighted by Crippen LogP contribution is -2.04. The number of halogens is 2. The molecule has 0 spiro atoms. The Labute approximate surface area is 139 Å². The molecule has 0 aliphatic heterocycles. The van der Waals surface area contributed by atoms with Crippen molar-refractivity contribution in [1.82, 2.24) is 9.55 Å². The van der Waals surface area contributed by atoms with Crippen LogP contribution in [0.3, 0.4) is 0 Å². The summed E-state index contributed by atoms with van der Waals surface area (Å²) in [5.41, 5.74) is 2.35. The van der Waals surface area contributed by atoms with Crippen LogP contribution in [-0.2, 0) is 13.0 Å². The van der Waals surface area contributed by atoms with E-state index in [0.717, 1.165) is 27.9 Å². The highest BCUT2D eigenvalue weighted by atomic mass is 79.9. The third-order valence-electron chi connectivity index (χ3n) is 3.23. The van der Waals surface area contributed by atoms with Crippen LogP contribution in [0.2, 0.25) is 0 Å². The van der Waals surface area contributed by atoms with Gasteiger partial charge in [-0.05, 0) is 34.1 Å². The van der Waals surface area contributed by atoms with Crippen molar-refractivity contribution in [3.05, 3.63) is 50.4 Å². The molecule has 0 N–H and O–H groups in total. The highest BCUT2D eigenvalue weighted by Gasteiger charge is 2.14. The smallest absolute Gasteiger partial charge is 0.111 e. The maximum atomic E-state index is 9.23. The minimum atomic E-state index is 0.513. The first-order valence-corrected chi connectivity index (χ1v) is 8.60. The molecule has 6 heteroatoms. The summed E-state index contributed by atoms with van der Waals surface area (Å²) in [6.45, 7) is 0.744. The van der Waals surface area contributed by atoms with E-state index in [9.17, 15) is 5.26 Å². The molecule has 0 bridgehead atoms. The fourth-order valence-electron chi connectivity index (χ4n) is 2.33. The zero-order chi connectivity index (χ0) is 14.8. The van der Waals surface area contributed by atoms with Gasteiger partial charge in [0.05, 0.1) is 17.6 Å². The van der Waals surface area contributed by atoms with Crippen molar-refractivity contribution in [3.8, 4) is 6.07 Å². The SMILES string of the molecule is N#Cc1cccc2c1nc(CCCl)n2Cc1cc(Br)cs1. The quantitative estimate of drug-likeness (QED) is 0.623. The molecular formula is C15H11BrClN3S. The molecule has 0 saturated heterocycles. The third kappa shape index (κ3) is 2.84. The molecule has 0 aliphatic rings. The minimum absolute atomic E-state index is 0.513. The van der Waals surface area contributed by atoms with Gasteiger partial charge in [-0.2, -0.15) is 5.26 Å². The second-order valence-electron chi connectivity index (χ2n) is 4.57. The molecule has 3 nitrogen and oxygen atoms in total. The van der Waals surface area contributed by atoms with Crippen LogP contribution in [0.15, 0.2) is 34.1 Å². The van der Waals surface area contributed by atoms with E-state index < -0.39 is 0 Å². The largest absolute Gasteiger partial charge is 0.323 e. The Hall–Kier alpha value is -1.35. The van der Waals surface area contributed by atoms with Gasteiger partial charge in [-0.15, -0.1) is 22.9 Å². The molecule has 0 aliphatic carbocycles. The number of nitrogens with zero attached hydrogens (tertiary/aromatic N) is 3. The van der Waals surface area contributed by atoms with Crippen LogP contribution < -0.4 is 0 Å². The number of rotatable bonds is 4. The average molecular weight is 381 g/mol. The molecule has 3 rings (SSSR count). The highest BCUT2D eigenvalue weighted by Crippen LogP contribution is 2.25. The minimum Gasteiger partial charge on any atom is -0.323 e. The first-order valence-electron chi connectivity index (χ1n) is 6.40. The molecular weight excluding hydrogens is 370 g/mol. The number of aromatic nitrogens is 2.